The minimum absolute atomic E-state index is 0.102. The Bertz CT molecular complexity index is 451. The molecular formula is C13H17IN2O3. The molecule has 0 aliphatic rings. The molecule has 1 N–H and O–H groups in total. The molecule has 0 aliphatic carbocycles. The first-order chi connectivity index (χ1) is 9.01. The minimum Gasteiger partial charge on any atom is -0.469 e. The van der Waals surface area contributed by atoms with Crippen LogP contribution < -0.4 is 5.32 Å². The quantitative estimate of drug-likeness (QED) is 0.607. The predicted octanol–water partition coefficient (Wildman–Crippen LogP) is 1.72. The van der Waals surface area contributed by atoms with Gasteiger partial charge in [0.1, 0.15) is 0 Å². The van der Waals surface area contributed by atoms with Crippen molar-refractivity contribution in [1.82, 2.24) is 4.90 Å². The summed E-state index contributed by atoms with van der Waals surface area (Å²) in [5, 5.41) is 2.81. The van der Waals surface area contributed by atoms with Crippen LogP contribution in [0.1, 0.15) is 6.42 Å². The van der Waals surface area contributed by atoms with E-state index in [1.54, 1.807) is 11.9 Å². The Kier molecular flexibility index (Phi) is 6.79. The molecule has 0 unspecified atom stereocenters. The number of ether oxygens (including phenoxy) is 1. The lowest BCUT2D eigenvalue weighted by molar-refractivity contribution is -0.141. The average Bonchev–Trinajstić information content (AvgIpc) is 2.35. The van der Waals surface area contributed by atoms with Gasteiger partial charge in [-0.2, -0.15) is 0 Å². The molecule has 19 heavy (non-hydrogen) atoms. The zero-order chi connectivity index (χ0) is 14.3. The van der Waals surface area contributed by atoms with Gasteiger partial charge in [-0.3, -0.25) is 14.5 Å². The van der Waals surface area contributed by atoms with Crippen LogP contribution in [-0.4, -0.2) is 44.0 Å². The molecule has 1 aromatic carbocycles. The number of methoxy groups -OCH3 is 1. The van der Waals surface area contributed by atoms with E-state index >= 15 is 0 Å². The van der Waals surface area contributed by atoms with Crippen LogP contribution in [-0.2, 0) is 14.3 Å². The molecule has 0 saturated carbocycles. The van der Waals surface area contributed by atoms with E-state index in [4.69, 9.17) is 0 Å². The highest BCUT2D eigenvalue weighted by Crippen LogP contribution is 2.12. The van der Waals surface area contributed by atoms with Gasteiger partial charge in [0.25, 0.3) is 0 Å². The summed E-state index contributed by atoms with van der Waals surface area (Å²) in [6.07, 6.45) is 0.281. The van der Waals surface area contributed by atoms with Gasteiger partial charge in [0.15, 0.2) is 0 Å². The van der Waals surface area contributed by atoms with E-state index in [1.165, 1.54) is 7.11 Å². The number of halogens is 1. The summed E-state index contributed by atoms with van der Waals surface area (Å²) in [5.74, 6) is -0.376. The molecule has 6 heteroatoms. The van der Waals surface area contributed by atoms with Gasteiger partial charge in [-0.15, -0.1) is 0 Å². The molecular weight excluding hydrogens is 359 g/mol. The number of hydrogen-bond acceptors (Lipinski definition) is 4. The first kappa shape index (κ1) is 15.9. The van der Waals surface area contributed by atoms with E-state index in [0.717, 1.165) is 9.26 Å². The van der Waals surface area contributed by atoms with E-state index in [-0.39, 0.29) is 24.8 Å². The van der Waals surface area contributed by atoms with Crippen molar-refractivity contribution in [2.45, 2.75) is 6.42 Å². The second-order valence-electron chi connectivity index (χ2n) is 4.12. The number of anilines is 1. The Morgan fingerprint density at radius 3 is 2.79 bits per heavy atom. The van der Waals surface area contributed by atoms with Gasteiger partial charge in [0, 0.05) is 15.8 Å². The SMILES string of the molecule is COC(=O)CCN(C)CC(=O)Nc1cccc(I)c1. The molecule has 1 rings (SSSR count). The van der Waals surface area contributed by atoms with Crippen molar-refractivity contribution in [3.05, 3.63) is 27.8 Å². The number of rotatable bonds is 6. The van der Waals surface area contributed by atoms with Crippen LogP contribution in [0.4, 0.5) is 5.69 Å². The lowest BCUT2D eigenvalue weighted by atomic mass is 10.3. The zero-order valence-corrected chi connectivity index (χ0v) is 13.1. The number of esters is 1. The summed E-state index contributed by atoms with van der Waals surface area (Å²) in [6.45, 7) is 0.731. The Labute approximate surface area is 126 Å². The lowest BCUT2D eigenvalue weighted by Crippen LogP contribution is -2.31. The number of amides is 1. The van der Waals surface area contributed by atoms with Gasteiger partial charge >= 0.3 is 5.97 Å². The maximum absolute atomic E-state index is 11.8. The maximum Gasteiger partial charge on any atom is 0.306 e. The summed E-state index contributed by atoms with van der Waals surface area (Å²) in [6, 6.07) is 7.58. The predicted molar refractivity (Wildman–Crippen MR) is 81.9 cm³/mol. The Morgan fingerprint density at radius 2 is 2.16 bits per heavy atom. The van der Waals surface area contributed by atoms with Crippen LogP contribution in [0.3, 0.4) is 0 Å². The van der Waals surface area contributed by atoms with Gasteiger partial charge in [-0.05, 0) is 47.8 Å². The van der Waals surface area contributed by atoms with E-state index in [1.807, 2.05) is 24.3 Å². The van der Waals surface area contributed by atoms with Gasteiger partial charge in [-0.25, -0.2) is 0 Å². The number of likely N-dealkylation sites (N-methyl/N-ethyl adjacent to an activating group) is 1. The van der Waals surface area contributed by atoms with Crippen molar-refractivity contribution in [3.8, 4) is 0 Å². The summed E-state index contributed by atoms with van der Waals surface area (Å²) >= 11 is 2.19. The molecule has 1 aromatic rings. The summed E-state index contributed by atoms with van der Waals surface area (Å²) in [5.41, 5.74) is 0.776. The van der Waals surface area contributed by atoms with E-state index in [9.17, 15) is 9.59 Å². The van der Waals surface area contributed by atoms with Crippen LogP contribution >= 0.6 is 22.6 Å². The van der Waals surface area contributed by atoms with Gasteiger partial charge in [0.05, 0.1) is 20.1 Å². The molecule has 104 valence electrons. The largest absolute Gasteiger partial charge is 0.469 e. The highest BCUT2D eigenvalue weighted by atomic mass is 127. The first-order valence-electron chi connectivity index (χ1n) is 5.82. The average molecular weight is 376 g/mol. The topological polar surface area (TPSA) is 58.6 Å². The van der Waals surface area contributed by atoms with Crippen molar-refractivity contribution >= 4 is 40.2 Å². The lowest BCUT2D eigenvalue weighted by Gasteiger charge is -2.15. The van der Waals surface area contributed by atoms with Crippen molar-refractivity contribution < 1.29 is 14.3 Å². The molecule has 1 amide bonds. The standard InChI is InChI=1S/C13H17IN2O3/c1-16(7-6-13(18)19-2)9-12(17)15-11-5-3-4-10(14)8-11/h3-5,8H,6-7,9H2,1-2H3,(H,15,17). The molecule has 0 spiro atoms. The second-order valence-corrected chi connectivity index (χ2v) is 5.37. The van der Waals surface area contributed by atoms with Crippen molar-refractivity contribution in [1.29, 1.82) is 0 Å². The fourth-order valence-corrected chi connectivity index (χ4v) is 2.02. The number of benzene rings is 1. The van der Waals surface area contributed by atoms with Gasteiger partial charge in [0.2, 0.25) is 5.91 Å². The number of hydrogen-bond donors (Lipinski definition) is 1. The molecule has 0 aliphatic heterocycles. The normalized spacial score (nSPS) is 10.3. The molecule has 0 atom stereocenters. The smallest absolute Gasteiger partial charge is 0.306 e. The highest BCUT2D eigenvalue weighted by Gasteiger charge is 2.09. The molecule has 0 bridgehead atoms. The summed E-state index contributed by atoms with van der Waals surface area (Å²) < 4.78 is 5.61. The summed E-state index contributed by atoms with van der Waals surface area (Å²) in [4.78, 5) is 24.5. The van der Waals surface area contributed by atoms with Crippen molar-refractivity contribution in [3.63, 3.8) is 0 Å². The van der Waals surface area contributed by atoms with E-state index in [2.05, 4.69) is 32.6 Å². The highest BCUT2D eigenvalue weighted by molar-refractivity contribution is 14.1. The Balaban J connectivity index is 2.36. The monoisotopic (exact) mass is 376 g/mol. The van der Waals surface area contributed by atoms with E-state index < -0.39 is 0 Å². The third-order valence-electron chi connectivity index (χ3n) is 2.45. The molecule has 0 heterocycles. The summed E-state index contributed by atoms with van der Waals surface area (Å²) in [7, 11) is 3.14. The Hall–Kier alpha value is -1.15. The van der Waals surface area contributed by atoms with Crippen LogP contribution in [0.5, 0.6) is 0 Å². The molecule has 0 radical (unpaired) electrons. The van der Waals surface area contributed by atoms with Crippen LogP contribution in [0.2, 0.25) is 0 Å². The molecule has 0 aromatic heterocycles. The third-order valence-corrected chi connectivity index (χ3v) is 3.12. The maximum atomic E-state index is 11.8. The van der Waals surface area contributed by atoms with Gasteiger partial charge in [-0.1, -0.05) is 6.07 Å². The molecule has 0 saturated heterocycles. The third kappa shape index (κ3) is 6.53. The Morgan fingerprint density at radius 1 is 1.42 bits per heavy atom. The number of nitrogens with one attached hydrogen (secondary N) is 1. The number of nitrogens with zero attached hydrogens (tertiary/aromatic N) is 1. The van der Waals surface area contributed by atoms with Crippen LogP contribution in [0.15, 0.2) is 24.3 Å². The number of carbonyl (C=O) groups is 2. The number of carbonyl (C=O) groups excluding carboxylic acids is 2. The second kappa shape index (κ2) is 8.11. The molecule has 5 nitrogen and oxygen atoms in total. The van der Waals surface area contributed by atoms with Crippen LogP contribution in [0, 0.1) is 3.57 Å². The first-order valence-corrected chi connectivity index (χ1v) is 6.90. The fourth-order valence-electron chi connectivity index (χ4n) is 1.48. The van der Waals surface area contributed by atoms with Crippen LogP contribution in [0.25, 0.3) is 0 Å². The zero-order valence-electron chi connectivity index (χ0n) is 11.0. The minimum atomic E-state index is -0.273. The van der Waals surface area contributed by atoms with Gasteiger partial charge < -0.3 is 10.1 Å². The molecule has 0 fully saturated rings. The van der Waals surface area contributed by atoms with E-state index in [0.29, 0.717) is 6.54 Å². The van der Waals surface area contributed by atoms with Crippen molar-refractivity contribution in [2.75, 3.05) is 32.6 Å². The van der Waals surface area contributed by atoms with Crippen molar-refractivity contribution in [2.24, 2.45) is 0 Å². The fraction of sp³-hybridized carbons (Fsp3) is 0.385.